The predicted octanol–water partition coefficient (Wildman–Crippen LogP) is 1.53. The van der Waals surface area contributed by atoms with Crippen molar-refractivity contribution in [1.82, 2.24) is 9.80 Å². The van der Waals surface area contributed by atoms with Gasteiger partial charge < -0.3 is 10.6 Å². The molecule has 0 aromatic heterocycles. The first-order chi connectivity index (χ1) is 8.20. The summed E-state index contributed by atoms with van der Waals surface area (Å²) in [5.41, 5.74) is 6.45. The highest BCUT2D eigenvalue weighted by Crippen LogP contribution is 2.32. The maximum Gasteiger partial charge on any atom is 0.0356 e. The molecular formula is C14H29N3. The number of hydrogen-bond donors (Lipinski definition) is 1. The second-order valence-electron chi connectivity index (χ2n) is 6.07. The van der Waals surface area contributed by atoms with Gasteiger partial charge in [0.1, 0.15) is 0 Å². The quantitative estimate of drug-likeness (QED) is 0.811. The molecule has 2 aliphatic rings. The van der Waals surface area contributed by atoms with Crippen LogP contribution in [0.15, 0.2) is 0 Å². The molecule has 2 saturated heterocycles. The van der Waals surface area contributed by atoms with Crippen LogP contribution < -0.4 is 5.73 Å². The van der Waals surface area contributed by atoms with Gasteiger partial charge in [-0.2, -0.15) is 0 Å². The van der Waals surface area contributed by atoms with Crippen molar-refractivity contribution >= 4 is 0 Å². The molecule has 0 spiro atoms. The summed E-state index contributed by atoms with van der Waals surface area (Å²) in [6, 6.07) is 0. The lowest BCUT2D eigenvalue weighted by Crippen LogP contribution is -2.60. The molecule has 100 valence electrons. The molecule has 0 unspecified atom stereocenters. The number of rotatable bonds is 3. The van der Waals surface area contributed by atoms with Gasteiger partial charge in [0.2, 0.25) is 0 Å². The van der Waals surface area contributed by atoms with Crippen molar-refractivity contribution < 1.29 is 0 Å². The lowest BCUT2D eigenvalue weighted by atomic mass is 9.82. The van der Waals surface area contributed by atoms with E-state index in [1.165, 1.54) is 58.3 Å². The maximum absolute atomic E-state index is 6.12. The molecule has 3 nitrogen and oxygen atoms in total. The molecular weight excluding hydrogens is 210 g/mol. The van der Waals surface area contributed by atoms with Crippen LogP contribution in [0.4, 0.5) is 0 Å². The SMILES string of the molecule is CCC1CCN(C2(CN)CCN(C)CC2)CC1. The van der Waals surface area contributed by atoms with Crippen molar-refractivity contribution in [2.45, 2.75) is 44.6 Å². The molecule has 3 heteroatoms. The van der Waals surface area contributed by atoms with E-state index in [-0.39, 0.29) is 0 Å². The molecule has 17 heavy (non-hydrogen) atoms. The summed E-state index contributed by atoms with van der Waals surface area (Å²) < 4.78 is 0. The highest BCUT2D eigenvalue weighted by molar-refractivity contribution is 4.97. The van der Waals surface area contributed by atoms with Gasteiger partial charge in [-0.05, 0) is 64.8 Å². The molecule has 2 heterocycles. The third kappa shape index (κ3) is 2.83. The Balaban J connectivity index is 1.94. The summed E-state index contributed by atoms with van der Waals surface area (Å²) in [5.74, 6) is 0.965. The molecule has 0 aromatic carbocycles. The number of nitrogens with two attached hydrogens (primary N) is 1. The molecule has 2 N–H and O–H groups in total. The highest BCUT2D eigenvalue weighted by atomic mass is 15.2. The average molecular weight is 239 g/mol. The third-order valence-electron chi connectivity index (χ3n) is 5.16. The van der Waals surface area contributed by atoms with E-state index < -0.39 is 0 Å². The number of nitrogens with zero attached hydrogens (tertiary/aromatic N) is 2. The molecule has 0 aliphatic carbocycles. The zero-order chi connectivity index (χ0) is 12.3. The molecule has 0 bridgehead atoms. The van der Waals surface area contributed by atoms with E-state index in [2.05, 4.69) is 23.8 Å². The summed E-state index contributed by atoms with van der Waals surface area (Å²) in [4.78, 5) is 5.15. The van der Waals surface area contributed by atoms with Crippen LogP contribution in [0.5, 0.6) is 0 Å². The zero-order valence-electron chi connectivity index (χ0n) is 11.6. The third-order valence-corrected chi connectivity index (χ3v) is 5.16. The minimum atomic E-state index is 0.325. The van der Waals surface area contributed by atoms with Crippen LogP contribution in [0.3, 0.4) is 0 Å². The van der Waals surface area contributed by atoms with Gasteiger partial charge in [-0.25, -0.2) is 0 Å². The van der Waals surface area contributed by atoms with Crippen LogP contribution in [0.2, 0.25) is 0 Å². The topological polar surface area (TPSA) is 32.5 Å². The lowest BCUT2D eigenvalue weighted by molar-refractivity contribution is 0.00922. The molecule has 0 radical (unpaired) electrons. The molecule has 0 atom stereocenters. The van der Waals surface area contributed by atoms with Crippen molar-refractivity contribution in [3.63, 3.8) is 0 Å². The molecule has 2 rings (SSSR count). The number of likely N-dealkylation sites (tertiary alicyclic amines) is 2. The van der Waals surface area contributed by atoms with Crippen molar-refractivity contribution in [2.24, 2.45) is 11.7 Å². The van der Waals surface area contributed by atoms with Crippen LogP contribution in [0.25, 0.3) is 0 Å². The predicted molar refractivity (Wildman–Crippen MR) is 73.1 cm³/mol. The van der Waals surface area contributed by atoms with Gasteiger partial charge in [-0.15, -0.1) is 0 Å². The van der Waals surface area contributed by atoms with E-state index in [9.17, 15) is 0 Å². The first kappa shape index (κ1) is 13.3. The Morgan fingerprint density at radius 2 is 1.71 bits per heavy atom. The molecule has 0 amide bonds. The van der Waals surface area contributed by atoms with Crippen LogP contribution in [0.1, 0.15) is 39.0 Å². The Labute approximate surface area is 106 Å². The van der Waals surface area contributed by atoms with Crippen LogP contribution in [-0.2, 0) is 0 Å². The normalized spacial score (nSPS) is 28.4. The first-order valence-electron chi connectivity index (χ1n) is 7.34. The Bertz CT molecular complexity index is 226. The van der Waals surface area contributed by atoms with E-state index in [1.807, 2.05) is 0 Å². The van der Waals surface area contributed by atoms with Crippen molar-refractivity contribution in [1.29, 1.82) is 0 Å². The van der Waals surface area contributed by atoms with Crippen molar-refractivity contribution in [3.8, 4) is 0 Å². The van der Waals surface area contributed by atoms with E-state index in [1.54, 1.807) is 0 Å². The van der Waals surface area contributed by atoms with Crippen molar-refractivity contribution in [3.05, 3.63) is 0 Å². The molecule has 0 aromatic rings. The van der Waals surface area contributed by atoms with Gasteiger partial charge in [0.25, 0.3) is 0 Å². The summed E-state index contributed by atoms with van der Waals surface area (Å²) in [6.07, 6.45) is 6.64. The van der Waals surface area contributed by atoms with Gasteiger partial charge in [0.05, 0.1) is 0 Å². The number of piperidine rings is 2. The van der Waals surface area contributed by atoms with E-state index in [4.69, 9.17) is 5.73 Å². The zero-order valence-corrected chi connectivity index (χ0v) is 11.6. The van der Waals surface area contributed by atoms with Gasteiger partial charge in [-0.1, -0.05) is 13.3 Å². The van der Waals surface area contributed by atoms with Gasteiger partial charge in [0.15, 0.2) is 0 Å². The summed E-state index contributed by atoms with van der Waals surface area (Å²) >= 11 is 0. The monoisotopic (exact) mass is 239 g/mol. The fourth-order valence-corrected chi connectivity index (χ4v) is 3.50. The largest absolute Gasteiger partial charge is 0.329 e. The van der Waals surface area contributed by atoms with E-state index in [0.29, 0.717) is 5.54 Å². The van der Waals surface area contributed by atoms with E-state index >= 15 is 0 Å². The lowest BCUT2D eigenvalue weighted by Gasteiger charge is -2.50. The maximum atomic E-state index is 6.12. The van der Waals surface area contributed by atoms with Gasteiger partial charge in [-0.3, -0.25) is 4.90 Å². The van der Waals surface area contributed by atoms with Crippen LogP contribution in [0, 0.1) is 5.92 Å². The minimum Gasteiger partial charge on any atom is -0.329 e. The minimum absolute atomic E-state index is 0.325. The molecule has 2 aliphatic heterocycles. The average Bonchev–Trinajstić information content (AvgIpc) is 2.40. The highest BCUT2D eigenvalue weighted by Gasteiger charge is 2.39. The fourth-order valence-electron chi connectivity index (χ4n) is 3.50. The summed E-state index contributed by atoms with van der Waals surface area (Å²) in [5, 5.41) is 0. The van der Waals surface area contributed by atoms with Gasteiger partial charge >= 0.3 is 0 Å². The Morgan fingerprint density at radius 3 is 2.18 bits per heavy atom. The number of hydrogen-bond acceptors (Lipinski definition) is 3. The Hall–Kier alpha value is -0.120. The van der Waals surface area contributed by atoms with E-state index in [0.717, 1.165) is 12.5 Å². The second-order valence-corrected chi connectivity index (χ2v) is 6.07. The Morgan fingerprint density at radius 1 is 1.12 bits per heavy atom. The standard InChI is InChI=1S/C14H29N3/c1-3-13-4-8-17(9-5-13)14(12-15)6-10-16(2)11-7-14/h13H,3-12,15H2,1-2H3. The van der Waals surface area contributed by atoms with Gasteiger partial charge in [0, 0.05) is 12.1 Å². The van der Waals surface area contributed by atoms with Crippen molar-refractivity contribution in [2.75, 3.05) is 39.8 Å². The van der Waals surface area contributed by atoms with Crippen LogP contribution >= 0.6 is 0 Å². The second kappa shape index (κ2) is 5.68. The fraction of sp³-hybridized carbons (Fsp3) is 1.00. The Kier molecular flexibility index (Phi) is 4.45. The summed E-state index contributed by atoms with van der Waals surface area (Å²) in [7, 11) is 2.23. The first-order valence-corrected chi connectivity index (χ1v) is 7.34. The summed E-state index contributed by atoms with van der Waals surface area (Å²) in [6.45, 7) is 8.15. The van der Waals surface area contributed by atoms with Crippen LogP contribution in [-0.4, -0.2) is 55.1 Å². The molecule has 2 fully saturated rings. The molecule has 0 saturated carbocycles. The smallest absolute Gasteiger partial charge is 0.0356 e.